The minimum Gasteiger partial charge on any atom is -0.385 e. The molecule has 2 rings (SSSR count). The van der Waals surface area contributed by atoms with Gasteiger partial charge in [-0.1, -0.05) is 6.08 Å². The van der Waals surface area contributed by atoms with Crippen LogP contribution in [0.25, 0.3) is 0 Å². The fourth-order valence-electron chi connectivity index (χ4n) is 2.88. The van der Waals surface area contributed by atoms with Crippen LogP contribution in [0.15, 0.2) is 11.6 Å². The molecule has 1 saturated heterocycles. The summed E-state index contributed by atoms with van der Waals surface area (Å²) in [6, 6.07) is 0.506. The summed E-state index contributed by atoms with van der Waals surface area (Å²) in [6.07, 6.45) is 8.97. The zero-order valence-electron chi connectivity index (χ0n) is 10.00. The van der Waals surface area contributed by atoms with Gasteiger partial charge in [0.05, 0.1) is 5.60 Å². The van der Waals surface area contributed by atoms with Crippen molar-refractivity contribution in [3.05, 3.63) is 11.6 Å². The van der Waals surface area contributed by atoms with E-state index >= 15 is 0 Å². The number of nitrogens with zero attached hydrogens (tertiary/aromatic N) is 1. The van der Waals surface area contributed by atoms with Gasteiger partial charge in [0.1, 0.15) is 0 Å². The van der Waals surface area contributed by atoms with E-state index in [1.165, 1.54) is 24.8 Å². The van der Waals surface area contributed by atoms with Crippen molar-refractivity contribution in [1.82, 2.24) is 4.90 Å². The fourth-order valence-corrected chi connectivity index (χ4v) is 2.88. The van der Waals surface area contributed by atoms with Gasteiger partial charge < -0.3 is 10.0 Å². The first-order valence-electron chi connectivity index (χ1n) is 6.24. The predicted octanol–water partition coefficient (Wildman–Crippen LogP) is 2.33. The first kappa shape index (κ1) is 11.2. The molecule has 2 nitrogen and oxygen atoms in total. The van der Waals surface area contributed by atoms with Crippen LogP contribution in [0.3, 0.4) is 0 Å². The van der Waals surface area contributed by atoms with Crippen molar-refractivity contribution < 1.29 is 5.11 Å². The average Bonchev–Trinajstić information content (AvgIpc) is 2.26. The molecular formula is C13H23NO. The van der Waals surface area contributed by atoms with Gasteiger partial charge in [0.25, 0.3) is 0 Å². The molecule has 1 aliphatic heterocycles. The molecule has 1 heterocycles. The van der Waals surface area contributed by atoms with E-state index in [1.54, 1.807) is 0 Å². The van der Waals surface area contributed by atoms with E-state index < -0.39 is 5.60 Å². The molecule has 2 unspecified atom stereocenters. The Balaban J connectivity index is 2.09. The summed E-state index contributed by atoms with van der Waals surface area (Å²) < 4.78 is 0. The van der Waals surface area contributed by atoms with Crippen molar-refractivity contribution in [3.8, 4) is 0 Å². The lowest BCUT2D eigenvalue weighted by molar-refractivity contribution is -0.0103. The highest BCUT2D eigenvalue weighted by Crippen LogP contribution is 2.36. The normalized spacial score (nSPS) is 38.9. The highest BCUT2D eigenvalue weighted by atomic mass is 16.3. The molecule has 2 heteroatoms. The molecule has 0 aromatic heterocycles. The molecule has 2 atom stereocenters. The van der Waals surface area contributed by atoms with Gasteiger partial charge in [0.2, 0.25) is 0 Å². The second-order valence-electron chi connectivity index (χ2n) is 5.29. The third kappa shape index (κ3) is 2.26. The fraction of sp³-hybridized carbons (Fsp3) is 0.846. The zero-order chi connectivity index (χ0) is 10.9. The lowest BCUT2D eigenvalue weighted by Crippen LogP contribution is -2.48. The van der Waals surface area contributed by atoms with Crippen LogP contribution in [-0.2, 0) is 0 Å². The van der Waals surface area contributed by atoms with Crippen molar-refractivity contribution in [2.45, 2.75) is 57.1 Å². The number of likely N-dealkylation sites (tertiary alicyclic amines) is 1. The van der Waals surface area contributed by atoms with Gasteiger partial charge in [-0.05, 0) is 58.1 Å². The first-order valence-corrected chi connectivity index (χ1v) is 6.24. The molecule has 1 N–H and O–H groups in total. The second-order valence-corrected chi connectivity index (χ2v) is 5.29. The molecule has 86 valence electrons. The molecule has 0 amide bonds. The highest BCUT2D eigenvalue weighted by Gasteiger charge is 2.37. The van der Waals surface area contributed by atoms with Crippen LogP contribution in [0.1, 0.15) is 45.4 Å². The molecule has 0 saturated carbocycles. The maximum atomic E-state index is 10.7. The molecule has 1 aliphatic carbocycles. The number of hydrogen-bond donors (Lipinski definition) is 1. The standard InChI is InChI=1S/C13H23NO/c1-11-10-13(15,8-9-14(11)2)12-6-4-3-5-7-12/h6,11,15H,3-5,7-10H2,1-2H3. The Morgan fingerprint density at radius 1 is 1.47 bits per heavy atom. The quantitative estimate of drug-likeness (QED) is 0.670. The van der Waals surface area contributed by atoms with Crippen molar-refractivity contribution in [3.63, 3.8) is 0 Å². The maximum Gasteiger partial charge on any atom is 0.0883 e. The summed E-state index contributed by atoms with van der Waals surface area (Å²) in [5.41, 5.74) is 0.848. The number of aliphatic hydroxyl groups is 1. The number of rotatable bonds is 1. The van der Waals surface area contributed by atoms with Gasteiger partial charge in [0.15, 0.2) is 0 Å². The average molecular weight is 209 g/mol. The van der Waals surface area contributed by atoms with E-state index in [-0.39, 0.29) is 0 Å². The smallest absolute Gasteiger partial charge is 0.0883 e. The van der Waals surface area contributed by atoms with Crippen LogP contribution in [0, 0.1) is 0 Å². The molecule has 0 bridgehead atoms. The topological polar surface area (TPSA) is 23.5 Å². The summed E-state index contributed by atoms with van der Waals surface area (Å²) in [6.45, 7) is 3.24. The SMILES string of the molecule is CC1CC(O)(C2=CCCCC2)CCN1C. The molecule has 0 aromatic carbocycles. The molecule has 0 radical (unpaired) electrons. The lowest BCUT2D eigenvalue weighted by atomic mass is 9.77. The minimum atomic E-state index is -0.480. The van der Waals surface area contributed by atoms with E-state index in [4.69, 9.17) is 0 Å². The Labute approximate surface area is 93.0 Å². The summed E-state index contributed by atoms with van der Waals surface area (Å²) in [5, 5.41) is 10.7. The Morgan fingerprint density at radius 2 is 2.27 bits per heavy atom. The van der Waals surface area contributed by atoms with Crippen molar-refractivity contribution in [1.29, 1.82) is 0 Å². The van der Waals surface area contributed by atoms with Gasteiger partial charge in [-0.3, -0.25) is 0 Å². The van der Waals surface area contributed by atoms with E-state index in [9.17, 15) is 5.11 Å². The van der Waals surface area contributed by atoms with Crippen molar-refractivity contribution in [2.75, 3.05) is 13.6 Å². The monoisotopic (exact) mass is 209 g/mol. The van der Waals surface area contributed by atoms with Crippen molar-refractivity contribution in [2.24, 2.45) is 0 Å². The second kappa shape index (κ2) is 4.26. The van der Waals surface area contributed by atoms with Gasteiger partial charge in [0, 0.05) is 12.6 Å². The first-order chi connectivity index (χ1) is 7.12. The summed E-state index contributed by atoms with van der Waals surface area (Å²) >= 11 is 0. The van der Waals surface area contributed by atoms with E-state index in [0.717, 1.165) is 25.8 Å². The molecule has 1 fully saturated rings. The number of hydrogen-bond acceptors (Lipinski definition) is 2. The van der Waals surface area contributed by atoms with Gasteiger partial charge in [-0.2, -0.15) is 0 Å². The van der Waals surface area contributed by atoms with Gasteiger partial charge in [-0.15, -0.1) is 0 Å². The van der Waals surface area contributed by atoms with E-state index in [1.807, 2.05) is 0 Å². The Kier molecular flexibility index (Phi) is 3.17. The van der Waals surface area contributed by atoms with Crippen LogP contribution in [-0.4, -0.2) is 35.2 Å². The van der Waals surface area contributed by atoms with Crippen molar-refractivity contribution >= 4 is 0 Å². The van der Waals surface area contributed by atoms with Crippen LogP contribution < -0.4 is 0 Å². The molecular weight excluding hydrogens is 186 g/mol. The summed E-state index contributed by atoms with van der Waals surface area (Å²) in [7, 11) is 2.15. The van der Waals surface area contributed by atoms with E-state index in [2.05, 4.69) is 24.9 Å². The van der Waals surface area contributed by atoms with Crippen LogP contribution >= 0.6 is 0 Å². The van der Waals surface area contributed by atoms with Gasteiger partial charge in [-0.25, -0.2) is 0 Å². The highest BCUT2D eigenvalue weighted by molar-refractivity contribution is 5.20. The van der Waals surface area contributed by atoms with Crippen LogP contribution in [0.4, 0.5) is 0 Å². The van der Waals surface area contributed by atoms with E-state index in [0.29, 0.717) is 6.04 Å². The Hall–Kier alpha value is -0.340. The summed E-state index contributed by atoms with van der Waals surface area (Å²) in [4.78, 5) is 2.35. The lowest BCUT2D eigenvalue weighted by Gasteiger charge is -2.43. The summed E-state index contributed by atoms with van der Waals surface area (Å²) in [5.74, 6) is 0. The molecule has 0 spiro atoms. The molecule has 2 aliphatic rings. The third-order valence-corrected chi connectivity index (χ3v) is 4.15. The van der Waals surface area contributed by atoms with Crippen LogP contribution in [0.5, 0.6) is 0 Å². The Morgan fingerprint density at radius 3 is 2.87 bits per heavy atom. The van der Waals surface area contributed by atoms with Gasteiger partial charge >= 0.3 is 0 Å². The molecule has 15 heavy (non-hydrogen) atoms. The third-order valence-electron chi connectivity index (χ3n) is 4.15. The predicted molar refractivity (Wildman–Crippen MR) is 62.8 cm³/mol. The zero-order valence-corrected chi connectivity index (χ0v) is 10.00. The maximum absolute atomic E-state index is 10.7. The molecule has 0 aromatic rings. The largest absolute Gasteiger partial charge is 0.385 e. The Bertz CT molecular complexity index is 261. The number of allylic oxidation sites excluding steroid dienone is 1. The minimum absolute atomic E-state index is 0.480. The number of piperidine rings is 1. The van der Waals surface area contributed by atoms with Crippen LogP contribution in [0.2, 0.25) is 0 Å².